The van der Waals surface area contributed by atoms with E-state index in [9.17, 15) is 0 Å². The summed E-state index contributed by atoms with van der Waals surface area (Å²) in [6.45, 7) is 0. The van der Waals surface area contributed by atoms with E-state index in [0.717, 1.165) is 0 Å². The zero-order valence-corrected chi connectivity index (χ0v) is 8.09. The highest BCUT2D eigenvalue weighted by molar-refractivity contribution is 7.14. The van der Waals surface area contributed by atoms with Crippen LogP contribution in [-0.2, 0) is 13.7 Å². The number of rotatable bonds is 0. The molecular weight excluding hydrogens is 203 g/mol. The van der Waals surface area contributed by atoms with Crippen molar-refractivity contribution in [3.05, 3.63) is 0 Å². The van der Waals surface area contributed by atoms with Gasteiger partial charge in [0.25, 0.3) is 0 Å². The summed E-state index contributed by atoms with van der Waals surface area (Å²) in [7, 11) is -5.25. The minimum atomic E-state index is -1.75. The van der Waals surface area contributed by atoms with Crippen molar-refractivity contribution in [3.8, 4) is 0 Å². The molecule has 3 atom stereocenters. The monoisotopic (exact) mass is 209 g/mol. The largest absolute Gasteiger partial charge is 3.00 e. The molecule has 7 nitrogen and oxygen atoms in total. The SMILES string of the molecule is O=[PH2][O-].O=[PH2][O-].O=[PH2][O-].[N+3]. The minimum Gasteiger partial charge on any atom is -0.804 e. The Morgan fingerprint density at radius 2 is 0.700 bits per heavy atom. The summed E-state index contributed by atoms with van der Waals surface area (Å²) in [5.41, 5.74) is 0. The molecule has 0 amide bonds. The van der Waals surface area contributed by atoms with Crippen molar-refractivity contribution in [1.29, 1.82) is 0 Å². The van der Waals surface area contributed by atoms with Gasteiger partial charge in [0, 0.05) is 0 Å². The third kappa shape index (κ3) is 5600. The van der Waals surface area contributed by atoms with Crippen LogP contribution in [0.15, 0.2) is 0 Å². The Morgan fingerprint density at radius 3 is 0.700 bits per heavy atom. The van der Waals surface area contributed by atoms with Gasteiger partial charge in [-0.25, -0.2) is 0 Å². The fourth-order valence-electron chi connectivity index (χ4n) is 0. The zero-order valence-electron chi connectivity index (χ0n) is 4.63. The van der Waals surface area contributed by atoms with E-state index < -0.39 is 26.1 Å². The van der Waals surface area contributed by atoms with Gasteiger partial charge in [-0.2, -0.15) is 0 Å². The second kappa shape index (κ2) is 59.1. The van der Waals surface area contributed by atoms with Crippen molar-refractivity contribution in [3.63, 3.8) is 0 Å². The molecule has 0 spiro atoms. The molecule has 2 radical (unpaired) electrons. The van der Waals surface area contributed by atoms with Crippen molar-refractivity contribution in [2.75, 3.05) is 0 Å². The van der Waals surface area contributed by atoms with Crippen molar-refractivity contribution >= 4 is 26.1 Å². The molecular formula is H6NO6P3. The normalized spacial score (nSPS) is 8.70. The molecule has 0 aromatic heterocycles. The summed E-state index contributed by atoms with van der Waals surface area (Å²) in [4.78, 5) is 25.4. The van der Waals surface area contributed by atoms with Crippen LogP contribution >= 0.6 is 26.1 Å². The third-order valence-electron chi connectivity index (χ3n) is 0. The van der Waals surface area contributed by atoms with Gasteiger partial charge in [0.1, 0.15) is 0 Å². The van der Waals surface area contributed by atoms with Crippen LogP contribution in [0.25, 0.3) is 0 Å². The van der Waals surface area contributed by atoms with Gasteiger partial charge in [0.2, 0.25) is 0 Å². The molecule has 0 bridgehead atoms. The van der Waals surface area contributed by atoms with Gasteiger partial charge in [-0.3, -0.25) is 0 Å². The van der Waals surface area contributed by atoms with Crippen LogP contribution in [0.5, 0.6) is 0 Å². The Labute approximate surface area is 61.5 Å². The molecule has 0 fully saturated rings. The Morgan fingerprint density at radius 1 is 0.700 bits per heavy atom. The maximum absolute atomic E-state index is 8.46. The first-order valence-corrected chi connectivity index (χ1v) is 4.24. The van der Waals surface area contributed by atoms with Crippen LogP contribution in [0.3, 0.4) is 0 Å². The van der Waals surface area contributed by atoms with Crippen molar-refractivity contribution < 1.29 is 28.4 Å². The van der Waals surface area contributed by atoms with E-state index in [0.29, 0.717) is 0 Å². The van der Waals surface area contributed by atoms with Crippen LogP contribution in [0, 0.1) is 0 Å². The standard InChI is InChI=1S/N.3H3O2P/c;3*1-3-2/h;3*3H2,(H,1,2)/q+3;;;/p-3. The topological polar surface area (TPSA) is 151 Å². The van der Waals surface area contributed by atoms with E-state index in [1.807, 2.05) is 0 Å². The smallest absolute Gasteiger partial charge is 0.804 e. The van der Waals surface area contributed by atoms with Gasteiger partial charge in [0.15, 0.2) is 0 Å². The third-order valence-corrected chi connectivity index (χ3v) is 0. The van der Waals surface area contributed by atoms with Crippen LogP contribution in [0.1, 0.15) is 0 Å². The lowest BCUT2D eigenvalue weighted by Gasteiger charge is -1.62. The molecule has 10 heteroatoms. The molecule has 3 unspecified atom stereocenters. The molecule has 0 saturated heterocycles. The molecule has 0 aromatic carbocycles. The fraction of sp³-hybridized carbons (Fsp3) is 0. The van der Waals surface area contributed by atoms with Crippen LogP contribution in [-0.4, -0.2) is 0 Å². The Kier molecular flexibility index (Phi) is 133. The average Bonchev–Trinajstić information content (AvgIpc) is 1.70. The van der Waals surface area contributed by atoms with Crippen molar-refractivity contribution in [2.45, 2.75) is 0 Å². The molecule has 0 saturated carbocycles. The van der Waals surface area contributed by atoms with Crippen LogP contribution in [0.4, 0.5) is 0 Å². The van der Waals surface area contributed by atoms with Gasteiger partial charge in [-0.1, -0.05) is 0 Å². The maximum atomic E-state index is 8.46. The highest BCUT2D eigenvalue weighted by atomic mass is 31.1. The summed E-state index contributed by atoms with van der Waals surface area (Å²) in [5, 5.41) is 0. The first-order valence-electron chi connectivity index (χ1n) is 1.41. The molecule has 0 aliphatic carbocycles. The highest BCUT2D eigenvalue weighted by Crippen LogP contribution is 1.54. The second-order valence-electron chi connectivity index (χ2n) is 0.289. The van der Waals surface area contributed by atoms with E-state index >= 15 is 0 Å². The molecule has 62 valence electrons. The average molecular weight is 209 g/mol. The van der Waals surface area contributed by atoms with Crippen LogP contribution in [0.2, 0.25) is 0 Å². The molecule has 0 aromatic rings. The summed E-state index contributed by atoms with van der Waals surface area (Å²) in [6, 6.07) is 0. The van der Waals surface area contributed by atoms with E-state index in [1.165, 1.54) is 0 Å². The van der Waals surface area contributed by atoms with Gasteiger partial charge in [0.05, 0.1) is 0 Å². The second-order valence-corrected chi connectivity index (χ2v) is 0.866. The maximum Gasteiger partial charge on any atom is 3.00 e. The lowest BCUT2D eigenvalue weighted by Crippen LogP contribution is -1.65. The molecule has 0 rings (SSSR count). The summed E-state index contributed by atoms with van der Waals surface area (Å²) < 4.78 is 25.4. The molecule has 0 aliphatic rings. The van der Waals surface area contributed by atoms with Crippen LogP contribution < -0.4 is 20.8 Å². The molecule has 0 aliphatic heterocycles. The molecule has 10 heavy (non-hydrogen) atoms. The first kappa shape index (κ1) is 22.4. The number of hydrogen-bond donors (Lipinski definition) is 0. The molecule has 0 heterocycles. The quantitative estimate of drug-likeness (QED) is 0.378. The summed E-state index contributed by atoms with van der Waals surface area (Å²) >= 11 is 0. The fourth-order valence-corrected chi connectivity index (χ4v) is 0. The Balaban J connectivity index is -0.0000000257. The van der Waals surface area contributed by atoms with Crippen molar-refractivity contribution in [2.24, 2.45) is 0 Å². The predicted molar refractivity (Wildman–Crippen MR) is 33.3 cm³/mol. The van der Waals surface area contributed by atoms with E-state index in [1.54, 1.807) is 0 Å². The van der Waals surface area contributed by atoms with E-state index in [2.05, 4.69) is 0 Å². The Bertz CT molecular complexity index is 49.7. The van der Waals surface area contributed by atoms with Gasteiger partial charge < -0.3 is 28.4 Å². The predicted octanol–water partition coefficient (Wildman–Crippen LogP) is -3.43. The number of hydrogen-bond acceptors (Lipinski definition) is 6. The highest BCUT2D eigenvalue weighted by Gasteiger charge is 3.00. The van der Waals surface area contributed by atoms with Crippen molar-refractivity contribution in [1.82, 2.24) is 6.15 Å². The lowest BCUT2D eigenvalue weighted by molar-refractivity contribution is -0.155. The van der Waals surface area contributed by atoms with Gasteiger partial charge >= 0.3 is 6.15 Å². The van der Waals surface area contributed by atoms with Gasteiger partial charge in [-0.05, 0) is 26.1 Å². The van der Waals surface area contributed by atoms with Gasteiger partial charge in [-0.15, -0.1) is 0 Å². The van der Waals surface area contributed by atoms with E-state index in [-0.39, 0.29) is 6.15 Å². The van der Waals surface area contributed by atoms with E-state index in [4.69, 9.17) is 28.4 Å². The summed E-state index contributed by atoms with van der Waals surface area (Å²) in [6.07, 6.45) is 0. The first-order chi connectivity index (χ1) is 4.24. The summed E-state index contributed by atoms with van der Waals surface area (Å²) in [5.74, 6) is 0. The Hall–Kier alpha value is 0.280. The minimum absolute atomic E-state index is 0. The number of nitrogens with zero attached hydrogens (tertiary/aromatic N) is 1. The molecule has 0 N–H and O–H groups in total. The zero-order chi connectivity index (χ0) is 8.12. The lowest BCUT2D eigenvalue weighted by atomic mass is 14.0.